The van der Waals surface area contributed by atoms with Gasteiger partial charge in [0.15, 0.2) is 6.10 Å². The quantitative estimate of drug-likeness (QED) is 0.0261. The highest BCUT2D eigenvalue weighted by atomic mass is 16.6. The van der Waals surface area contributed by atoms with E-state index in [1.54, 1.807) is 0 Å². The maximum absolute atomic E-state index is 12.9. The normalized spacial score (nSPS) is 12.6. The predicted octanol–water partition coefficient (Wildman–Crippen LogP) is 21.9. The summed E-state index contributed by atoms with van der Waals surface area (Å²) in [5.41, 5.74) is 0. The number of ether oxygens (including phenoxy) is 3. The number of carbonyl (C=O) groups is 3. The molecule has 0 saturated heterocycles. The van der Waals surface area contributed by atoms with E-state index in [0.29, 0.717) is 19.3 Å². The third-order valence-corrected chi connectivity index (χ3v) is 13.9. The van der Waals surface area contributed by atoms with Crippen molar-refractivity contribution in [2.45, 2.75) is 322 Å². The van der Waals surface area contributed by atoms with E-state index in [9.17, 15) is 14.4 Å². The number of esters is 3. The first kappa shape index (κ1) is 71.6. The molecule has 1 atom stereocenters. The fourth-order valence-corrected chi connectivity index (χ4v) is 9.13. The molecule has 0 rings (SSSR count). The van der Waals surface area contributed by atoms with Crippen LogP contribution in [0.2, 0.25) is 0 Å². The van der Waals surface area contributed by atoms with Crippen LogP contribution in [0.3, 0.4) is 0 Å². The Morgan fingerprint density at radius 2 is 0.520 bits per heavy atom. The molecule has 0 aliphatic rings. The molecule has 0 aromatic heterocycles. The maximum Gasteiger partial charge on any atom is 0.306 e. The van der Waals surface area contributed by atoms with Gasteiger partial charge in [0.1, 0.15) is 13.2 Å². The minimum atomic E-state index is -0.781. The summed E-state index contributed by atoms with van der Waals surface area (Å²) in [4.78, 5) is 38.1. The third-order valence-electron chi connectivity index (χ3n) is 13.9. The van der Waals surface area contributed by atoms with Crippen LogP contribution in [0.5, 0.6) is 0 Å². The summed E-state index contributed by atoms with van der Waals surface area (Å²) in [6.45, 7) is 6.52. The second-order valence-electron chi connectivity index (χ2n) is 21.3. The van der Waals surface area contributed by atoms with Crippen LogP contribution in [-0.2, 0) is 28.6 Å². The van der Waals surface area contributed by atoms with Crippen LogP contribution < -0.4 is 0 Å². The Morgan fingerprint density at radius 1 is 0.280 bits per heavy atom. The highest BCUT2D eigenvalue weighted by Crippen LogP contribution is 2.17. The van der Waals surface area contributed by atoms with E-state index in [0.717, 1.165) is 122 Å². The topological polar surface area (TPSA) is 78.9 Å². The van der Waals surface area contributed by atoms with Crippen molar-refractivity contribution in [1.82, 2.24) is 0 Å². The van der Waals surface area contributed by atoms with E-state index in [1.165, 1.54) is 154 Å². The Hall–Kier alpha value is -3.41. The molecule has 75 heavy (non-hydrogen) atoms. The molecular weight excluding hydrogens is 925 g/mol. The number of hydrogen-bond acceptors (Lipinski definition) is 6. The molecule has 0 aliphatic carbocycles. The van der Waals surface area contributed by atoms with Crippen molar-refractivity contribution in [3.8, 4) is 0 Å². The van der Waals surface area contributed by atoms with Gasteiger partial charge in [0.25, 0.3) is 0 Å². The third kappa shape index (κ3) is 61.3. The molecule has 0 fully saturated rings. The Morgan fingerprint density at radius 3 is 0.813 bits per heavy atom. The molecule has 0 saturated carbocycles. The van der Waals surface area contributed by atoms with Crippen molar-refractivity contribution in [3.63, 3.8) is 0 Å². The van der Waals surface area contributed by atoms with Gasteiger partial charge in [-0.3, -0.25) is 14.4 Å². The Balaban J connectivity index is 4.22. The fraction of sp³-hybridized carbons (Fsp3) is 0.754. The number of allylic oxidation sites excluding steroid dienone is 14. The first-order valence-electron chi connectivity index (χ1n) is 32.1. The Labute approximate surface area is 465 Å². The van der Waals surface area contributed by atoms with Crippen LogP contribution in [0.4, 0.5) is 0 Å². The molecular formula is C69H120O6. The first-order chi connectivity index (χ1) is 37.0. The summed E-state index contributed by atoms with van der Waals surface area (Å²) in [5.74, 6) is -0.890. The first-order valence-corrected chi connectivity index (χ1v) is 32.1. The standard InChI is InChI=1S/C69H120O6/c1-4-7-10-13-16-19-21-23-25-27-29-31-33-34-35-36-37-39-40-42-44-46-48-50-53-56-59-62-68(71)74-65-66(64-73-67(70)61-58-55-52-18-15-12-9-6-3)75-69(72)63-60-57-54-51-49-47-45-43-41-38-32-30-28-26-24-22-20-17-14-11-8-5-2/h7,10,16,19,23,25,29,31,34-35,37,39,42,44,66H,4-6,8-9,11-15,17-18,20-22,24,26-28,30,32-33,36,38,40-41,43,45-65H2,1-3H3/b10-7-,19-16-,25-23-,31-29-,35-34-,39-37-,44-42-. The molecule has 0 heterocycles. The molecule has 0 aliphatic heterocycles. The number of carbonyl (C=O) groups excluding carboxylic acids is 3. The molecule has 0 bridgehead atoms. The zero-order chi connectivity index (χ0) is 54.3. The zero-order valence-electron chi connectivity index (χ0n) is 49.6. The van der Waals surface area contributed by atoms with E-state index in [-0.39, 0.29) is 31.1 Å². The van der Waals surface area contributed by atoms with E-state index in [2.05, 4.69) is 106 Å². The monoisotopic (exact) mass is 1040 g/mol. The van der Waals surface area contributed by atoms with Gasteiger partial charge in [0.2, 0.25) is 0 Å². The molecule has 6 nitrogen and oxygen atoms in total. The van der Waals surface area contributed by atoms with E-state index in [1.807, 2.05) is 0 Å². The van der Waals surface area contributed by atoms with Gasteiger partial charge in [-0.25, -0.2) is 0 Å². The Kier molecular flexibility index (Phi) is 60.3. The summed E-state index contributed by atoms with van der Waals surface area (Å²) in [7, 11) is 0. The fourth-order valence-electron chi connectivity index (χ4n) is 9.13. The van der Waals surface area contributed by atoms with Crippen LogP contribution in [0.15, 0.2) is 85.1 Å². The maximum atomic E-state index is 12.9. The lowest BCUT2D eigenvalue weighted by atomic mass is 10.0. The largest absolute Gasteiger partial charge is 0.462 e. The van der Waals surface area contributed by atoms with Gasteiger partial charge in [-0.1, -0.05) is 305 Å². The summed E-state index contributed by atoms with van der Waals surface area (Å²) < 4.78 is 16.9. The molecule has 0 spiro atoms. The Bertz CT molecular complexity index is 1430. The lowest BCUT2D eigenvalue weighted by Crippen LogP contribution is -2.30. The second kappa shape index (κ2) is 63.1. The summed E-state index contributed by atoms with van der Waals surface area (Å²) in [6.07, 6.45) is 83.2. The van der Waals surface area contributed by atoms with Gasteiger partial charge in [-0.2, -0.15) is 0 Å². The summed E-state index contributed by atoms with van der Waals surface area (Å²) in [6, 6.07) is 0. The zero-order valence-corrected chi connectivity index (χ0v) is 49.6. The van der Waals surface area contributed by atoms with Crippen molar-refractivity contribution in [3.05, 3.63) is 85.1 Å². The second-order valence-corrected chi connectivity index (χ2v) is 21.3. The lowest BCUT2D eigenvalue weighted by molar-refractivity contribution is -0.167. The average molecular weight is 1050 g/mol. The molecule has 0 amide bonds. The van der Waals surface area contributed by atoms with Crippen molar-refractivity contribution in [1.29, 1.82) is 0 Å². The van der Waals surface area contributed by atoms with Crippen molar-refractivity contribution < 1.29 is 28.6 Å². The highest BCUT2D eigenvalue weighted by Gasteiger charge is 2.19. The van der Waals surface area contributed by atoms with Gasteiger partial charge in [-0.15, -0.1) is 0 Å². The van der Waals surface area contributed by atoms with Crippen LogP contribution >= 0.6 is 0 Å². The average Bonchev–Trinajstić information content (AvgIpc) is 3.41. The van der Waals surface area contributed by atoms with E-state index >= 15 is 0 Å². The molecule has 0 aromatic carbocycles. The van der Waals surface area contributed by atoms with Gasteiger partial charge < -0.3 is 14.2 Å². The van der Waals surface area contributed by atoms with Crippen LogP contribution in [0, 0.1) is 0 Å². The van der Waals surface area contributed by atoms with Crippen molar-refractivity contribution >= 4 is 17.9 Å². The van der Waals surface area contributed by atoms with Gasteiger partial charge >= 0.3 is 17.9 Å². The van der Waals surface area contributed by atoms with Gasteiger partial charge in [0.05, 0.1) is 0 Å². The smallest absolute Gasteiger partial charge is 0.306 e. The minimum absolute atomic E-state index is 0.0793. The molecule has 0 aromatic rings. The summed E-state index contributed by atoms with van der Waals surface area (Å²) >= 11 is 0. The van der Waals surface area contributed by atoms with E-state index < -0.39 is 6.10 Å². The highest BCUT2D eigenvalue weighted by molar-refractivity contribution is 5.71. The molecule has 6 heteroatoms. The minimum Gasteiger partial charge on any atom is -0.462 e. The van der Waals surface area contributed by atoms with Crippen molar-refractivity contribution in [2.24, 2.45) is 0 Å². The SMILES string of the molecule is CC/C=C\C/C=C\C/C=C\C/C=C\C/C=C\C/C=C\C/C=C\CCCCCCCC(=O)OCC(COC(=O)CCCCCCCCCC)OC(=O)CCCCCCCCCCCCCCCCCCCCCCCC. The van der Waals surface area contributed by atoms with Gasteiger partial charge in [0, 0.05) is 19.3 Å². The molecule has 432 valence electrons. The molecule has 0 N–H and O–H groups in total. The van der Waals surface area contributed by atoms with Crippen LogP contribution in [0.25, 0.3) is 0 Å². The summed E-state index contributed by atoms with van der Waals surface area (Å²) in [5, 5.41) is 0. The number of hydrogen-bond donors (Lipinski definition) is 0. The number of unbranched alkanes of at least 4 members (excludes halogenated alkanes) is 33. The lowest BCUT2D eigenvalue weighted by Gasteiger charge is -2.18. The predicted molar refractivity (Wildman–Crippen MR) is 325 cm³/mol. The molecule has 0 radical (unpaired) electrons. The van der Waals surface area contributed by atoms with Crippen LogP contribution in [-0.4, -0.2) is 37.2 Å². The van der Waals surface area contributed by atoms with E-state index in [4.69, 9.17) is 14.2 Å². The van der Waals surface area contributed by atoms with Gasteiger partial charge in [-0.05, 0) is 77.0 Å². The van der Waals surface area contributed by atoms with Crippen LogP contribution in [0.1, 0.15) is 316 Å². The number of rotatable bonds is 58. The van der Waals surface area contributed by atoms with Crippen molar-refractivity contribution in [2.75, 3.05) is 13.2 Å². The molecule has 1 unspecified atom stereocenters.